The van der Waals surface area contributed by atoms with Crippen LogP contribution in [0.15, 0.2) is 0 Å². The van der Waals surface area contributed by atoms with Gasteiger partial charge in [0, 0.05) is 0 Å². The van der Waals surface area contributed by atoms with Crippen molar-refractivity contribution in [3.8, 4) is 0 Å². The summed E-state index contributed by atoms with van der Waals surface area (Å²) in [7, 11) is 0. The third kappa shape index (κ3) is 8.54. The van der Waals surface area contributed by atoms with Crippen molar-refractivity contribution < 1.29 is 19.0 Å². The number of carbonyl (C=O) groups is 1. The van der Waals surface area contributed by atoms with Crippen molar-refractivity contribution in [3.05, 3.63) is 0 Å². The summed E-state index contributed by atoms with van der Waals surface area (Å²) in [6.07, 6.45) is 11.7. The van der Waals surface area contributed by atoms with Gasteiger partial charge in [0.15, 0.2) is 5.79 Å². The molecule has 2 atom stereocenters. The van der Waals surface area contributed by atoms with Crippen LogP contribution in [0.4, 0.5) is 0 Å². The molecular formula is C21H40O4. The minimum atomic E-state index is -0.520. The molecule has 1 aliphatic heterocycles. The third-order valence-corrected chi connectivity index (χ3v) is 5.10. The first-order chi connectivity index (χ1) is 11.8. The maximum atomic E-state index is 11.9. The van der Waals surface area contributed by atoms with Gasteiger partial charge in [0.05, 0.1) is 24.7 Å². The van der Waals surface area contributed by atoms with Crippen LogP contribution in [-0.2, 0) is 19.0 Å². The molecule has 1 aliphatic rings. The molecule has 0 aliphatic carbocycles. The van der Waals surface area contributed by atoms with E-state index in [9.17, 15) is 4.79 Å². The summed E-state index contributed by atoms with van der Waals surface area (Å²) >= 11 is 0. The average molecular weight is 357 g/mol. The Hall–Kier alpha value is -0.610. The number of ether oxygens (including phenoxy) is 3. The van der Waals surface area contributed by atoms with E-state index in [1.165, 1.54) is 44.9 Å². The van der Waals surface area contributed by atoms with E-state index in [0.29, 0.717) is 13.2 Å². The molecule has 0 spiro atoms. The van der Waals surface area contributed by atoms with Crippen molar-refractivity contribution >= 4 is 5.97 Å². The molecule has 4 nitrogen and oxygen atoms in total. The quantitative estimate of drug-likeness (QED) is 0.317. The zero-order chi connectivity index (χ0) is 18.8. The molecular weight excluding hydrogens is 316 g/mol. The van der Waals surface area contributed by atoms with Gasteiger partial charge in [0.25, 0.3) is 0 Å². The van der Waals surface area contributed by atoms with E-state index in [2.05, 4.69) is 6.92 Å². The molecule has 0 amide bonds. The van der Waals surface area contributed by atoms with E-state index in [1.807, 2.05) is 27.7 Å². The van der Waals surface area contributed by atoms with Crippen LogP contribution in [0, 0.1) is 5.92 Å². The Morgan fingerprint density at radius 1 is 1.04 bits per heavy atom. The third-order valence-electron chi connectivity index (χ3n) is 5.10. The van der Waals surface area contributed by atoms with Crippen molar-refractivity contribution in [2.75, 3.05) is 13.2 Å². The fourth-order valence-corrected chi connectivity index (χ4v) is 3.54. The molecule has 1 saturated heterocycles. The highest BCUT2D eigenvalue weighted by atomic mass is 16.8. The molecule has 4 heteroatoms. The van der Waals surface area contributed by atoms with Crippen molar-refractivity contribution in [2.45, 2.75) is 110 Å². The first-order valence-corrected chi connectivity index (χ1v) is 10.3. The second kappa shape index (κ2) is 11.2. The number of unbranched alkanes of at least 4 members (excludes halogenated alkanes) is 6. The second-order valence-electron chi connectivity index (χ2n) is 8.04. The van der Waals surface area contributed by atoms with Gasteiger partial charge in [0.2, 0.25) is 0 Å². The molecule has 148 valence electrons. The van der Waals surface area contributed by atoms with E-state index < -0.39 is 5.79 Å². The van der Waals surface area contributed by atoms with Crippen LogP contribution >= 0.6 is 0 Å². The highest BCUT2D eigenvalue weighted by molar-refractivity contribution is 5.71. The van der Waals surface area contributed by atoms with E-state index in [1.54, 1.807) is 0 Å². The maximum absolute atomic E-state index is 11.9. The summed E-state index contributed by atoms with van der Waals surface area (Å²) in [5.41, 5.74) is -0.242. The van der Waals surface area contributed by atoms with E-state index >= 15 is 0 Å². The van der Waals surface area contributed by atoms with Gasteiger partial charge in [-0.1, -0.05) is 58.8 Å². The molecule has 1 rings (SSSR count). The molecule has 0 aromatic rings. The fourth-order valence-electron chi connectivity index (χ4n) is 3.54. The van der Waals surface area contributed by atoms with Gasteiger partial charge in [-0.05, 0) is 40.0 Å². The predicted octanol–water partition coefficient (Wildman–Crippen LogP) is 5.63. The van der Waals surface area contributed by atoms with Crippen LogP contribution in [0.3, 0.4) is 0 Å². The lowest BCUT2D eigenvalue weighted by atomic mass is 9.88. The monoisotopic (exact) mass is 356 g/mol. The summed E-state index contributed by atoms with van der Waals surface area (Å²) in [6.45, 7) is 11.1. The minimum Gasteiger partial charge on any atom is -0.466 e. The SMILES string of the molecule is CCCCCCCCCC1(CCC(C)C(=O)OCC)COC(C)(C)O1. The first-order valence-electron chi connectivity index (χ1n) is 10.3. The molecule has 25 heavy (non-hydrogen) atoms. The second-order valence-corrected chi connectivity index (χ2v) is 8.04. The topological polar surface area (TPSA) is 44.8 Å². The molecule has 0 aromatic carbocycles. The zero-order valence-corrected chi connectivity index (χ0v) is 17.2. The Balaban J connectivity index is 2.42. The molecule has 0 bridgehead atoms. The number of carbonyl (C=O) groups excluding carboxylic acids is 1. The van der Waals surface area contributed by atoms with Gasteiger partial charge < -0.3 is 14.2 Å². The van der Waals surface area contributed by atoms with Crippen molar-refractivity contribution in [1.82, 2.24) is 0 Å². The highest BCUT2D eigenvalue weighted by Crippen LogP contribution is 2.39. The van der Waals surface area contributed by atoms with Crippen LogP contribution in [-0.4, -0.2) is 30.6 Å². The van der Waals surface area contributed by atoms with Crippen LogP contribution in [0.5, 0.6) is 0 Å². The molecule has 0 saturated carbocycles. The van der Waals surface area contributed by atoms with Gasteiger partial charge in [-0.15, -0.1) is 0 Å². The van der Waals surface area contributed by atoms with E-state index in [-0.39, 0.29) is 17.5 Å². The predicted molar refractivity (Wildman–Crippen MR) is 101 cm³/mol. The summed E-state index contributed by atoms with van der Waals surface area (Å²) in [5.74, 6) is -0.709. The molecule has 0 radical (unpaired) electrons. The fraction of sp³-hybridized carbons (Fsp3) is 0.952. The smallest absolute Gasteiger partial charge is 0.308 e. The zero-order valence-electron chi connectivity index (χ0n) is 17.2. The number of hydrogen-bond donors (Lipinski definition) is 0. The van der Waals surface area contributed by atoms with Crippen LogP contribution in [0.2, 0.25) is 0 Å². The van der Waals surface area contributed by atoms with E-state index in [4.69, 9.17) is 14.2 Å². The summed E-state index contributed by atoms with van der Waals surface area (Å²) < 4.78 is 17.3. The van der Waals surface area contributed by atoms with Gasteiger partial charge in [-0.25, -0.2) is 0 Å². The Labute approximate surface area is 155 Å². The van der Waals surface area contributed by atoms with Gasteiger partial charge in [0.1, 0.15) is 0 Å². The number of hydrogen-bond acceptors (Lipinski definition) is 4. The Morgan fingerprint density at radius 2 is 1.68 bits per heavy atom. The summed E-state index contributed by atoms with van der Waals surface area (Å²) in [5, 5.41) is 0. The number of rotatable bonds is 13. The van der Waals surface area contributed by atoms with Gasteiger partial charge in [-0.2, -0.15) is 0 Å². The summed E-state index contributed by atoms with van der Waals surface area (Å²) in [4.78, 5) is 11.9. The molecule has 2 unspecified atom stereocenters. The van der Waals surface area contributed by atoms with Crippen molar-refractivity contribution in [2.24, 2.45) is 5.92 Å². The average Bonchev–Trinajstić information content (AvgIpc) is 2.87. The Bertz CT molecular complexity index is 380. The lowest BCUT2D eigenvalue weighted by Gasteiger charge is -2.30. The van der Waals surface area contributed by atoms with Gasteiger partial charge >= 0.3 is 5.97 Å². The lowest BCUT2D eigenvalue weighted by molar-refractivity contribution is -0.165. The van der Waals surface area contributed by atoms with Crippen molar-refractivity contribution in [1.29, 1.82) is 0 Å². The molecule has 1 fully saturated rings. The standard InChI is InChI=1S/C21H40O4/c1-6-8-9-10-11-12-13-15-21(17-24-20(4,5)25-21)16-14-18(3)19(22)23-7-2/h18H,6-17H2,1-5H3. The Kier molecular flexibility index (Phi) is 10.0. The van der Waals surface area contributed by atoms with Crippen molar-refractivity contribution in [3.63, 3.8) is 0 Å². The largest absolute Gasteiger partial charge is 0.466 e. The normalized spacial score (nSPS) is 23.6. The molecule has 1 heterocycles. The Morgan fingerprint density at radius 3 is 2.24 bits per heavy atom. The van der Waals surface area contributed by atoms with Crippen LogP contribution < -0.4 is 0 Å². The maximum Gasteiger partial charge on any atom is 0.308 e. The van der Waals surface area contributed by atoms with Crippen LogP contribution in [0.25, 0.3) is 0 Å². The minimum absolute atomic E-state index is 0.0850. The summed E-state index contributed by atoms with van der Waals surface area (Å²) in [6, 6.07) is 0. The van der Waals surface area contributed by atoms with E-state index in [0.717, 1.165) is 19.3 Å². The molecule has 0 aromatic heterocycles. The van der Waals surface area contributed by atoms with Crippen LogP contribution in [0.1, 0.15) is 98.8 Å². The first kappa shape index (κ1) is 22.4. The van der Waals surface area contributed by atoms with Gasteiger partial charge in [-0.3, -0.25) is 4.79 Å². The molecule has 0 N–H and O–H groups in total. The number of esters is 1. The highest BCUT2D eigenvalue weighted by Gasteiger charge is 2.44. The lowest BCUT2D eigenvalue weighted by Crippen LogP contribution is -2.35.